The molecule has 0 aromatic rings. The van der Waals surface area contributed by atoms with Crippen LogP contribution in [0.5, 0.6) is 0 Å². The zero-order valence-corrected chi connectivity index (χ0v) is 8.51. The van der Waals surface area contributed by atoms with Gasteiger partial charge in [-0.15, -0.1) is 0 Å². The van der Waals surface area contributed by atoms with E-state index >= 15 is 0 Å². The van der Waals surface area contributed by atoms with Gasteiger partial charge in [-0.2, -0.15) is 0 Å². The molecule has 0 aromatic carbocycles. The SMILES string of the molecule is CCOP(O)(=CC(C)=O)OCC. The summed E-state index contributed by atoms with van der Waals surface area (Å²) in [5, 5.41) is 0. The van der Waals surface area contributed by atoms with Gasteiger partial charge in [-0.05, 0) is 20.8 Å². The summed E-state index contributed by atoms with van der Waals surface area (Å²) in [5.41, 5.74) is 0. The smallest absolute Gasteiger partial charge is 0.258 e. The molecule has 0 spiro atoms. The van der Waals surface area contributed by atoms with Crippen LogP contribution in [0.25, 0.3) is 0 Å². The van der Waals surface area contributed by atoms with E-state index in [1.807, 2.05) is 0 Å². The molecule has 72 valence electrons. The highest BCUT2D eigenvalue weighted by Crippen LogP contribution is 2.44. The minimum atomic E-state index is -3.00. The first kappa shape index (κ1) is 11.8. The van der Waals surface area contributed by atoms with Crippen molar-refractivity contribution in [2.45, 2.75) is 20.8 Å². The van der Waals surface area contributed by atoms with Crippen LogP contribution in [0.3, 0.4) is 0 Å². The van der Waals surface area contributed by atoms with Gasteiger partial charge < -0.3 is 13.9 Å². The Morgan fingerprint density at radius 3 is 2.08 bits per heavy atom. The topological polar surface area (TPSA) is 55.8 Å². The predicted octanol–water partition coefficient (Wildman–Crippen LogP) is 1.21. The quantitative estimate of drug-likeness (QED) is 0.668. The van der Waals surface area contributed by atoms with Crippen molar-refractivity contribution in [2.24, 2.45) is 0 Å². The zero-order chi connectivity index (χ0) is 9.61. The molecule has 0 fully saturated rings. The third-order valence-electron chi connectivity index (χ3n) is 0.973. The van der Waals surface area contributed by atoms with E-state index in [1.54, 1.807) is 13.8 Å². The summed E-state index contributed by atoms with van der Waals surface area (Å²) >= 11 is 0. The summed E-state index contributed by atoms with van der Waals surface area (Å²) in [6.45, 7) is 5.47. The minimum absolute atomic E-state index is 0.243. The molecular formula is C7H15O4P. The monoisotopic (exact) mass is 194 g/mol. The average Bonchev–Trinajstić information content (AvgIpc) is 1.85. The summed E-state index contributed by atoms with van der Waals surface area (Å²) in [6, 6.07) is 0. The zero-order valence-electron chi connectivity index (χ0n) is 7.61. The summed E-state index contributed by atoms with van der Waals surface area (Å²) < 4.78 is 9.90. The summed E-state index contributed by atoms with van der Waals surface area (Å²) in [6.07, 6.45) is 0. The molecule has 0 aliphatic heterocycles. The van der Waals surface area contributed by atoms with Gasteiger partial charge in [0.1, 0.15) is 0 Å². The molecule has 1 N–H and O–H groups in total. The summed E-state index contributed by atoms with van der Waals surface area (Å²) in [4.78, 5) is 20.2. The van der Waals surface area contributed by atoms with E-state index in [-0.39, 0.29) is 5.78 Å². The molecule has 4 nitrogen and oxygen atoms in total. The Hall–Kier alpha value is -0.150. The van der Waals surface area contributed by atoms with Crippen LogP contribution in [0.15, 0.2) is 0 Å². The van der Waals surface area contributed by atoms with Crippen molar-refractivity contribution in [1.82, 2.24) is 0 Å². The second-order valence-corrected chi connectivity index (χ2v) is 4.04. The fourth-order valence-corrected chi connectivity index (χ4v) is 2.13. The molecule has 0 saturated carbocycles. The Labute approximate surface area is 72.7 Å². The van der Waals surface area contributed by atoms with E-state index in [9.17, 15) is 9.69 Å². The summed E-state index contributed by atoms with van der Waals surface area (Å²) in [7, 11) is -3.00. The molecule has 0 atom stereocenters. The van der Waals surface area contributed by atoms with Crippen molar-refractivity contribution >= 4 is 19.1 Å². The van der Waals surface area contributed by atoms with Gasteiger partial charge in [0.2, 0.25) is 0 Å². The fourth-order valence-electron chi connectivity index (χ4n) is 0.712. The fraction of sp³-hybridized carbons (Fsp3) is 0.714. The molecule has 0 aliphatic rings. The predicted molar refractivity (Wildman–Crippen MR) is 49.1 cm³/mol. The van der Waals surface area contributed by atoms with Gasteiger partial charge in [-0.25, -0.2) is 0 Å². The largest absolute Gasteiger partial charge is 0.333 e. The maximum Gasteiger partial charge on any atom is 0.258 e. The van der Waals surface area contributed by atoms with Crippen LogP contribution in [0, 0.1) is 0 Å². The maximum atomic E-state index is 10.7. The van der Waals surface area contributed by atoms with E-state index in [0.717, 1.165) is 5.80 Å². The Morgan fingerprint density at radius 2 is 1.83 bits per heavy atom. The Morgan fingerprint density at radius 1 is 1.42 bits per heavy atom. The normalized spacial score (nSPS) is 11.3. The van der Waals surface area contributed by atoms with Crippen molar-refractivity contribution in [3.8, 4) is 0 Å². The molecule has 0 rings (SSSR count). The lowest BCUT2D eigenvalue weighted by atomic mass is 10.5. The second kappa shape index (κ2) is 5.49. The van der Waals surface area contributed by atoms with Gasteiger partial charge in [-0.3, -0.25) is 4.79 Å². The molecule has 0 heterocycles. The third-order valence-corrected chi connectivity index (χ3v) is 2.92. The Kier molecular flexibility index (Phi) is 5.42. The lowest BCUT2D eigenvalue weighted by Crippen LogP contribution is -2.02. The highest BCUT2D eigenvalue weighted by Gasteiger charge is 2.14. The molecule has 0 radical (unpaired) electrons. The molecule has 0 aromatic heterocycles. The highest BCUT2D eigenvalue weighted by molar-refractivity contribution is 7.61. The van der Waals surface area contributed by atoms with Gasteiger partial charge >= 0.3 is 0 Å². The van der Waals surface area contributed by atoms with E-state index in [2.05, 4.69) is 0 Å². The minimum Gasteiger partial charge on any atom is -0.333 e. The first-order chi connectivity index (χ1) is 5.54. The van der Waals surface area contributed by atoms with Crippen LogP contribution in [0.1, 0.15) is 20.8 Å². The summed E-state index contributed by atoms with van der Waals surface area (Å²) in [5.74, 6) is 0.868. The Bertz CT molecular complexity index is 190. The van der Waals surface area contributed by atoms with E-state index in [1.165, 1.54) is 6.92 Å². The number of carbonyl (C=O) groups excluding carboxylic acids is 1. The number of hydrogen-bond donors (Lipinski definition) is 1. The first-order valence-electron chi connectivity index (χ1n) is 3.81. The molecular weight excluding hydrogens is 179 g/mol. The van der Waals surface area contributed by atoms with Crippen molar-refractivity contribution in [3.63, 3.8) is 0 Å². The van der Waals surface area contributed by atoms with Crippen LogP contribution in [-0.4, -0.2) is 29.7 Å². The van der Waals surface area contributed by atoms with Gasteiger partial charge in [0.05, 0.1) is 19.0 Å². The molecule has 0 aliphatic carbocycles. The van der Waals surface area contributed by atoms with Crippen molar-refractivity contribution < 1.29 is 18.7 Å². The van der Waals surface area contributed by atoms with Crippen LogP contribution in [0.4, 0.5) is 0 Å². The molecule has 0 unspecified atom stereocenters. The van der Waals surface area contributed by atoms with Crippen molar-refractivity contribution in [2.75, 3.05) is 13.2 Å². The lowest BCUT2D eigenvalue weighted by Gasteiger charge is -2.16. The number of rotatable bonds is 5. The number of hydrogen-bond acceptors (Lipinski definition) is 4. The molecule has 0 saturated heterocycles. The van der Waals surface area contributed by atoms with Crippen LogP contribution in [0.2, 0.25) is 0 Å². The average molecular weight is 194 g/mol. The van der Waals surface area contributed by atoms with Crippen molar-refractivity contribution in [1.29, 1.82) is 0 Å². The Balaban J connectivity index is 4.47. The van der Waals surface area contributed by atoms with E-state index in [4.69, 9.17) is 9.05 Å². The standard InChI is InChI=1S/C7H15O4P/c1-4-10-12(9,11-5-2)6-7(3)8/h6,9H,4-5H2,1-3H3. The van der Waals surface area contributed by atoms with Gasteiger partial charge in [0, 0.05) is 0 Å². The van der Waals surface area contributed by atoms with Gasteiger partial charge in [0.15, 0.2) is 5.78 Å². The number of ketones is 1. The van der Waals surface area contributed by atoms with Crippen molar-refractivity contribution in [3.05, 3.63) is 0 Å². The second-order valence-electron chi connectivity index (χ2n) is 2.14. The highest BCUT2D eigenvalue weighted by atomic mass is 31.2. The van der Waals surface area contributed by atoms with Crippen LogP contribution >= 0.6 is 7.57 Å². The molecule has 0 bridgehead atoms. The molecule has 12 heavy (non-hydrogen) atoms. The van der Waals surface area contributed by atoms with Gasteiger partial charge in [-0.1, -0.05) is 0 Å². The number of carbonyl (C=O) groups is 1. The molecule has 0 amide bonds. The lowest BCUT2D eigenvalue weighted by molar-refractivity contribution is -0.110. The van der Waals surface area contributed by atoms with Crippen LogP contribution in [-0.2, 0) is 13.8 Å². The van der Waals surface area contributed by atoms with Crippen LogP contribution < -0.4 is 0 Å². The maximum absolute atomic E-state index is 10.7. The molecule has 5 heteroatoms. The van der Waals surface area contributed by atoms with E-state index < -0.39 is 7.57 Å². The number of Topliss-reactive ketones (excluding diaryl/α,β-unsaturated/α-hetero) is 1. The van der Waals surface area contributed by atoms with Gasteiger partial charge in [0.25, 0.3) is 7.57 Å². The third kappa shape index (κ3) is 4.67. The first-order valence-corrected chi connectivity index (χ1v) is 5.45. The van der Waals surface area contributed by atoms with E-state index in [0.29, 0.717) is 13.2 Å².